The number of aromatic amines is 1. The van der Waals surface area contributed by atoms with Gasteiger partial charge in [-0.1, -0.05) is 0 Å². The zero-order chi connectivity index (χ0) is 18.6. The Morgan fingerprint density at radius 3 is 2.64 bits per heavy atom. The summed E-state index contributed by atoms with van der Waals surface area (Å²) in [5, 5.41) is 15.0. The number of fused-ring (bicyclic) bond motifs is 1. The summed E-state index contributed by atoms with van der Waals surface area (Å²) in [6.45, 7) is 2.98. The van der Waals surface area contributed by atoms with Crippen LogP contribution < -0.4 is 10.4 Å². The van der Waals surface area contributed by atoms with Gasteiger partial charge in [-0.15, -0.1) is 0 Å². The van der Waals surface area contributed by atoms with E-state index < -0.39 is 38.0 Å². The fourth-order valence-electron chi connectivity index (χ4n) is 2.38. The van der Waals surface area contributed by atoms with Gasteiger partial charge >= 0.3 is 11.7 Å². The van der Waals surface area contributed by atoms with Crippen molar-refractivity contribution in [2.24, 2.45) is 0 Å². The molecule has 1 aliphatic carbocycles. The van der Waals surface area contributed by atoms with Gasteiger partial charge in [0.15, 0.2) is 5.90 Å². The molecule has 1 aliphatic rings. The van der Waals surface area contributed by atoms with E-state index in [4.69, 9.17) is 15.6 Å². The minimum Gasteiger partial charge on any atom is -0.412 e. The van der Waals surface area contributed by atoms with Gasteiger partial charge in [0, 0.05) is 21.4 Å². The highest BCUT2D eigenvalue weighted by atomic mass is 32.2. The Morgan fingerprint density at radius 2 is 2.08 bits per heavy atom. The number of hydrogen-bond donors (Lipinski definition) is 4. The van der Waals surface area contributed by atoms with Crippen LogP contribution in [0.5, 0.6) is 0 Å². The van der Waals surface area contributed by atoms with Gasteiger partial charge < -0.3 is 9.72 Å². The number of imidazole rings is 1. The standard InChI is InChI=1S/C14H16FN5O4S.2H2/c1-7(16)24-12(17)20-10-6-11(8(15)5-9(10)18-13(20)21)25(22,23)19-14(2)3-4-14;;/h5-6,16-17,19H,3-4H2,1-2H3,(H,18,21);2*1H. The number of nitrogens with zero attached hydrogens (tertiary/aromatic N) is 1. The number of ether oxygens (including phenoxy) is 1. The molecular formula is C14H20FN5O4S. The molecule has 9 nitrogen and oxygen atoms in total. The Labute approximate surface area is 144 Å². The fourth-order valence-corrected chi connectivity index (χ4v) is 3.92. The molecule has 0 aliphatic heterocycles. The van der Waals surface area contributed by atoms with Crippen molar-refractivity contribution in [2.75, 3.05) is 0 Å². The maximum atomic E-state index is 14.3. The molecule has 11 heteroatoms. The molecule has 1 aromatic carbocycles. The monoisotopic (exact) mass is 373 g/mol. The first-order chi connectivity index (χ1) is 11.5. The summed E-state index contributed by atoms with van der Waals surface area (Å²) in [6.07, 6.45) is 1.31. The number of hydrogen-bond acceptors (Lipinski definition) is 6. The minimum atomic E-state index is -4.14. The molecule has 4 N–H and O–H groups in total. The first kappa shape index (κ1) is 17.3. The van der Waals surface area contributed by atoms with Crippen LogP contribution in [0.1, 0.15) is 29.5 Å². The van der Waals surface area contributed by atoms with Crippen LogP contribution in [0.3, 0.4) is 0 Å². The van der Waals surface area contributed by atoms with E-state index in [-0.39, 0.29) is 19.8 Å². The maximum absolute atomic E-state index is 14.3. The molecule has 0 saturated heterocycles. The number of sulfonamides is 1. The first-order valence-corrected chi connectivity index (χ1v) is 8.81. The van der Waals surface area contributed by atoms with Crippen molar-refractivity contribution in [3.8, 4) is 0 Å². The van der Waals surface area contributed by atoms with Crippen molar-refractivity contribution in [1.29, 1.82) is 10.8 Å². The summed E-state index contributed by atoms with van der Waals surface area (Å²) in [7, 11) is -4.14. The SMILES string of the molecule is CC(=N)OC(=N)n1c(=O)[nH]c2cc(F)c(S(=O)(=O)NC3(C)CC3)cc21.[HH].[HH]. The second-order valence-corrected chi connectivity index (χ2v) is 7.85. The van der Waals surface area contributed by atoms with E-state index in [9.17, 15) is 17.6 Å². The minimum absolute atomic E-state index is 0. The number of aromatic nitrogens is 2. The Kier molecular flexibility index (Phi) is 3.80. The van der Waals surface area contributed by atoms with Crippen molar-refractivity contribution >= 4 is 33.0 Å². The molecule has 0 bridgehead atoms. The Hall–Kier alpha value is -2.53. The normalized spacial score (nSPS) is 16.0. The molecule has 1 aromatic heterocycles. The molecular weight excluding hydrogens is 353 g/mol. The molecule has 2 aromatic rings. The quantitative estimate of drug-likeness (QED) is 0.479. The van der Waals surface area contributed by atoms with E-state index in [0.717, 1.165) is 16.7 Å². The summed E-state index contributed by atoms with van der Waals surface area (Å²) >= 11 is 0. The predicted octanol–water partition coefficient (Wildman–Crippen LogP) is 1.59. The molecule has 138 valence electrons. The number of nitrogens with one attached hydrogen (secondary N) is 4. The van der Waals surface area contributed by atoms with Gasteiger partial charge in [0.25, 0.3) is 0 Å². The van der Waals surface area contributed by atoms with E-state index in [1.807, 2.05) is 0 Å². The topological polar surface area (TPSA) is 141 Å². The molecule has 1 fully saturated rings. The smallest absolute Gasteiger partial charge is 0.334 e. The van der Waals surface area contributed by atoms with Gasteiger partial charge in [-0.3, -0.25) is 10.8 Å². The summed E-state index contributed by atoms with van der Waals surface area (Å²) in [4.78, 5) is 13.7. The molecule has 0 atom stereocenters. The van der Waals surface area contributed by atoms with Gasteiger partial charge in [-0.05, 0) is 25.8 Å². The van der Waals surface area contributed by atoms with Gasteiger partial charge in [-0.25, -0.2) is 26.9 Å². The van der Waals surface area contributed by atoms with E-state index in [1.165, 1.54) is 6.92 Å². The van der Waals surface area contributed by atoms with Crippen LogP contribution in [0.25, 0.3) is 11.0 Å². The lowest BCUT2D eigenvalue weighted by atomic mass is 10.3. The molecule has 0 unspecified atom stereocenters. The number of rotatable bonds is 3. The zero-order valence-electron chi connectivity index (χ0n) is 13.4. The highest BCUT2D eigenvalue weighted by molar-refractivity contribution is 7.89. The Bertz CT molecular complexity index is 1080. The molecule has 1 heterocycles. The van der Waals surface area contributed by atoms with Crippen LogP contribution in [0.2, 0.25) is 0 Å². The average Bonchev–Trinajstić information content (AvgIpc) is 3.06. The first-order valence-electron chi connectivity index (χ1n) is 7.33. The number of H-pyrrole nitrogens is 1. The lowest BCUT2D eigenvalue weighted by Crippen LogP contribution is -2.34. The zero-order valence-corrected chi connectivity index (χ0v) is 14.3. The molecule has 3 rings (SSSR count). The van der Waals surface area contributed by atoms with Crippen LogP contribution in [0, 0.1) is 16.6 Å². The van der Waals surface area contributed by atoms with Gasteiger partial charge in [0.1, 0.15) is 10.7 Å². The van der Waals surface area contributed by atoms with Crippen molar-refractivity contribution in [3.63, 3.8) is 0 Å². The predicted molar refractivity (Wildman–Crippen MR) is 92.3 cm³/mol. The van der Waals surface area contributed by atoms with Crippen molar-refractivity contribution in [1.82, 2.24) is 14.3 Å². The van der Waals surface area contributed by atoms with Crippen molar-refractivity contribution < 1.29 is 20.4 Å². The third-order valence-electron chi connectivity index (χ3n) is 3.86. The Balaban J connectivity index is 0.00000182. The molecule has 0 spiro atoms. The lowest BCUT2D eigenvalue weighted by Gasteiger charge is -2.13. The molecule has 25 heavy (non-hydrogen) atoms. The second kappa shape index (κ2) is 5.49. The molecule has 1 saturated carbocycles. The van der Waals surface area contributed by atoms with Gasteiger partial charge in [-0.2, -0.15) is 0 Å². The molecule has 0 radical (unpaired) electrons. The highest BCUT2D eigenvalue weighted by Gasteiger charge is 2.42. The summed E-state index contributed by atoms with van der Waals surface area (Å²) < 4.78 is 47.1. The van der Waals surface area contributed by atoms with Crippen LogP contribution >= 0.6 is 0 Å². The lowest BCUT2D eigenvalue weighted by molar-refractivity contribution is 0.502. The van der Waals surface area contributed by atoms with Crippen LogP contribution in [0.15, 0.2) is 21.8 Å². The third kappa shape index (κ3) is 3.20. The molecule has 0 amide bonds. The van der Waals surface area contributed by atoms with Crippen molar-refractivity contribution in [2.45, 2.75) is 37.1 Å². The van der Waals surface area contributed by atoms with E-state index in [0.29, 0.717) is 12.8 Å². The summed E-state index contributed by atoms with van der Waals surface area (Å²) in [5.41, 5.74) is -1.43. The van der Waals surface area contributed by atoms with Crippen LogP contribution in [-0.2, 0) is 14.8 Å². The van der Waals surface area contributed by atoms with E-state index in [1.54, 1.807) is 6.92 Å². The van der Waals surface area contributed by atoms with Crippen LogP contribution in [0.4, 0.5) is 4.39 Å². The number of benzene rings is 1. The summed E-state index contributed by atoms with van der Waals surface area (Å²) in [6, 6.07) is 1.15. The second-order valence-electron chi connectivity index (χ2n) is 6.19. The Morgan fingerprint density at radius 1 is 1.44 bits per heavy atom. The third-order valence-corrected chi connectivity index (χ3v) is 5.51. The van der Waals surface area contributed by atoms with Gasteiger partial charge in [0.2, 0.25) is 10.0 Å². The summed E-state index contributed by atoms with van der Waals surface area (Å²) in [5.74, 6) is -1.35. The highest BCUT2D eigenvalue weighted by Crippen LogP contribution is 2.36. The van der Waals surface area contributed by atoms with Crippen molar-refractivity contribution in [3.05, 3.63) is 28.4 Å². The fraction of sp³-hybridized carbons (Fsp3) is 0.357. The average molecular weight is 373 g/mol. The van der Waals surface area contributed by atoms with Crippen LogP contribution in [-0.4, -0.2) is 35.4 Å². The largest absolute Gasteiger partial charge is 0.412 e. The number of halogens is 1. The van der Waals surface area contributed by atoms with E-state index in [2.05, 4.69) is 9.71 Å². The van der Waals surface area contributed by atoms with E-state index >= 15 is 0 Å². The van der Waals surface area contributed by atoms with Gasteiger partial charge in [0.05, 0.1) is 11.0 Å². The maximum Gasteiger partial charge on any atom is 0.334 e.